The highest BCUT2D eigenvalue weighted by molar-refractivity contribution is 9.10. The van der Waals surface area contributed by atoms with Gasteiger partial charge in [-0.2, -0.15) is 0 Å². The van der Waals surface area contributed by atoms with Gasteiger partial charge in [-0.1, -0.05) is 35.3 Å². The monoisotopic (exact) mass is 432 g/mol. The Bertz CT molecular complexity index is 802. The van der Waals surface area contributed by atoms with Gasteiger partial charge in [-0.15, -0.1) is 0 Å². The van der Waals surface area contributed by atoms with E-state index in [1.165, 1.54) is 7.05 Å². The zero-order chi connectivity index (χ0) is 17.9. The lowest BCUT2D eigenvalue weighted by Gasteiger charge is -2.18. The number of carbonyl (C=O) groups is 2. The highest BCUT2D eigenvalue weighted by atomic mass is 79.9. The molecule has 0 heterocycles. The van der Waals surface area contributed by atoms with Crippen LogP contribution in [0.1, 0.15) is 10.4 Å². The van der Waals surface area contributed by atoms with E-state index in [4.69, 9.17) is 23.2 Å². The summed E-state index contributed by atoms with van der Waals surface area (Å²) in [6.07, 6.45) is 0. The lowest BCUT2D eigenvalue weighted by molar-refractivity contribution is -0.116. The minimum atomic E-state index is -0.754. The number of para-hydroxylation sites is 1. The number of nitrogens with zero attached hydrogens (tertiary/aromatic N) is 1. The van der Waals surface area contributed by atoms with Crippen molar-refractivity contribution < 1.29 is 14.0 Å². The van der Waals surface area contributed by atoms with Crippen molar-refractivity contribution >= 4 is 56.6 Å². The van der Waals surface area contributed by atoms with Gasteiger partial charge in [0.15, 0.2) is 0 Å². The van der Waals surface area contributed by atoms with E-state index >= 15 is 0 Å². The third-order valence-electron chi connectivity index (χ3n) is 3.12. The van der Waals surface area contributed by atoms with Crippen LogP contribution >= 0.6 is 39.1 Å². The molecule has 2 aromatic carbocycles. The normalized spacial score (nSPS) is 10.4. The van der Waals surface area contributed by atoms with Crippen molar-refractivity contribution in [3.05, 3.63) is 62.3 Å². The maximum atomic E-state index is 13.5. The molecular weight excluding hydrogens is 422 g/mol. The number of halogens is 4. The fourth-order valence-corrected chi connectivity index (χ4v) is 2.78. The molecule has 0 unspecified atom stereocenters. The van der Waals surface area contributed by atoms with Gasteiger partial charge in [-0.05, 0) is 40.2 Å². The van der Waals surface area contributed by atoms with Crippen LogP contribution in [0.3, 0.4) is 0 Å². The molecule has 24 heavy (non-hydrogen) atoms. The molecule has 0 aliphatic carbocycles. The number of nitrogens with one attached hydrogen (secondary N) is 1. The van der Waals surface area contributed by atoms with E-state index in [0.29, 0.717) is 5.69 Å². The Morgan fingerprint density at radius 2 is 1.88 bits per heavy atom. The summed E-state index contributed by atoms with van der Waals surface area (Å²) in [5.41, 5.74) is 0.522. The predicted molar refractivity (Wildman–Crippen MR) is 96.2 cm³/mol. The number of anilines is 1. The van der Waals surface area contributed by atoms with Crippen LogP contribution in [0.15, 0.2) is 40.9 Å². The molecule has 8 heteroatoms. The lowest BCUT2D eigenvalue weighted by atomic mass is 10.2. The van der Waals surface area contributed by atoms with Crippen LogP contribution in [0, 0.1) is 5.82 Å². The molecule has 4 nitrogen and oxygen atoms in total. The summed E-state index contributed by atoms with van der Waals surface area (Å²) in [6, 6.07) is 9.18. The maximum Gasteiger partial charge on any atom is 0.255 e. The number of benzene rings is 2. The summed E-state index contributed by atoms with van der Waals surface area (Å²) in [7, 11) is 1.42. The van der Waals surface area contributed by atoms with Crippen molar-refractivity contribution in [2.45, 2.75) is 0 Å². The zero-order valence-electron chi connectivity index (χ0n) is 12.4. The molecule has 0 saturated heterocycles. The van der Waals surface area contributed by atoms with Crippen molar-refractivity contribution in [2.75, 3.05) is 18.9 Å². The standard InChI is InChI=1S/C16H12BrCl2FN2O2/c1-22(8-15(23)21-14-5-3-2-4-10(14)17)16(24)9-6-13(20)12(19)7-11(9)18/h2-7H,8H2,1H3,(H,21,23). The van der Waals surface area contributed by atoms with E-state index in [-0.39, 0.29) is 22.2 Å². The molecule has 2 rings (SSSR count). The van der Waals surface area contributed by atoms with E-state index in [1.807, 2.05) is 6.07 Å². The molecule has 2 aromatic rings. The van der Waals surface area contributed by atoms with Crippen LogP contribution in [0.5, 0.6) is 0 Å². The summed E-state index contributed by atoms with van der Waals surface area (Å²) in [5, 5.41) is 2.52. The Kier molecular flexibility index (Phi) is 6.21. The molecule has 1 N–H and O–H groups in total. The Balaban J connectivity index is 2.08. The van der Waals surface area contributed by atoms with Gasteiger partial charge in [0.25, 0.3) is 5.91 Å². The summed E-state index contributed by atoms with van der Waals surface area (Å²) >= 11 is 14.8. The molecule has 0 bridgehead atoms. The molecule has 0 aliphatic heterocycles. The second kappa shape index (κ2) is 7.96. The number of hydrogen-bond donors (Lipinski definition) is 1. The Labute approximate surface area is 156 Å². The third-order valence-corrected chi connectivity index (χ3v) is 4.41. The van der Waals surface area contributed by atoms with Crippen molar-refractivity contribution in [1.82, 2.24) is 4.90 Å². The number of likely N-dealkylation sites (N-methyl/N-ethyl adjacent to an activating group) is 1. The summed E-state index contributed by atoms with van der Waals surface area (Å²) < 4.78 is 14.2. The molecule has 126 valence electrons. The summed E-state index contributed by atoms with van der Waals surface area (Å²) in [4.78, 5) is 25.5. The predicted octanol–water partition coefficient (Wildman–Crippen LogP) is 4.61. The average molecular weight is 434 g/mol. The Morgan fingerprint density at radius 3 is 2.54 bits per heavy atom. The van der Waals surface area contributed by atoms with Gasteiger partial charge >= 0.3 is 0 Å². The third kappa shape index (κ3) is 4.47. The van der Waals surface area contributed by atoms with Crippen molar-refractivity contribution in [1.29, 1.82) is 0 Å². The van der Waals surface area contributed by atoms with Crippen LogP contribution in [0.4, 0.5) is 10.1 Å². The fourth-order valence-electron chi connectivity index (χ4n) is 1.93. The van der Waals surface area contributed by atoms with Crippen LogP contribution in [-0.4, -0.2) is 30.3 Å². The molecular formula is C16H12BrCl2FN2O2. The van der Waals surface area contributed by atoms with Gasteiger partial charge in [0, 0.05) is 11.5 Å². The minimum absolute atomic E-state index is 0.0180. The first-order chi connectivity index (χ1) is 11.3. The largest absolute Gasteiger partial charge is 0.332 e. The van der Waals surface area contributed by atoms with Gasteiger partial charge in [0.1, 0.15) is 5.82 Å². The SMILES string of the molecule is CN(CC(=O)Nc1ccccc1Br)C(=O)c1cc(F)c(Cl)cc1Cl. The Morgan fingerprint density at radius 1 is 1.21 bits per heavy atom. The van der Waals surface area contributed by atoms with Crippen LogP contribution in [0.25, 0.3) is 0 Å². The number of rotatable bonds is 4. The van der Waals surface area contributed by atoms with Crippen LogP contribution < -0.4 is 5.32 Å². The van der Waals surface area contributed by atoms with Crippen LogP contribution in [0.2, 0.25) is 10.0 Å². The van der Waals surface area contributed by atoms with Gasteiger partial charge < -0.3 is 10.2 Å². The van der Waals surface area contributed by atoms with E-state index < -0.39 is 17.6 Å². The zero-order valence-corrected chi connectivity index (χ0v) is 15.5. The first kappa shape index (κ1) is 18.7. The van der Waals surface area contributed by atoms with E-state index in [1.54, 1.807) is 18.2 Å². The quantitative estimate of drug-likeness (QED) is 0.716. The molecule has 0 spiro atoms. The lowest BCUT2D eigenvalue weighted by Crippen LogP contribution is -2.35. The molecule has 0 radical (unpaired) electrons. The maximum absolute atomic E-state index is 13.5. The second-order valence-corrected chi connectivity index (χ2v) is 6.60. The van der Waals surface area contributed by atoms with Gasteiger partial charge in [0.2, 0.25) is 5.91 Å². The topological polar surface area (TPSA) is 49.4 Å². The molecule has 0 saturated carbocycles. The highest BCUT2D eigenvalue weighted by Gasteiger charge is 2.20. The van der Waals surface area contributed by atoms with Crippen molar-refractivity contribution in [2.24, 2.45) is 0 Å². The van der Waals surface area contributed by atoms with Crippen molar-refractivity contribution in [3.8, 4) is 0 Å². The molecule has 0 aliphatic rings. The number of amides is 2. The first-order valence-corrected chi connectivity index (χ1v) is 8.29. The van der Waals surface area contributed by atoms with E-state index in [2.05, 4.69) is 21.2 Å². The highest BCUT2D eigenvalue weighted by Crippen LogP contribution is 2.25. The minimum Gasteiger partial charge on any atom is -0.332 e. The van der Waals surface area contributed by atoms with E-state index in [0.717, 1.165) is 21.5 Å². The van der Waals surface area contributed by atoms with Crippen LogP contribution in [-0.2, 0) is 4.79 Å². The first-order valence-electron chi connectivity index (χ1n) is 6.74. The van der Waals surface area contributed by atoms with Gasteiger partial charge in [-0.3, -0.25) is 9.59 Å². The summed E-state index contributed by atoms with van der Waals surface area (Å²) in [5.74, 6) is -1.74. The van der Waals surface area contributed by atoms with Gasteiger partial charge in [-0.25, -0.2) is 4.39 Å². The fraction of sp³-hybridized carbons (Fsp3) is 0.125. The molecule has 0 aromatic heterocycles. The smallest absolute Gasteiger partial charge is 0.255 e. The van der Waals surface area contributed by atoms with E-state index in [9.17, 15) is 14.0 Å². The number of carbonyl (C=O) groups excluding carboxylic acids is 2. The average Bonchev–Trinajstić information content (AvgIpc) is 2.52. The molecule has 0 fully saturated rings. The molecule has 2 amide bonds. The van der Waals surface area contributed by atoms with Crippen molar-refractivity contribution in [3.63, 3.8) is 0 Å². The summed E-state index contributed by atoms with van der Waals surface area (Å²) in [6.45, 7) is -0.221. The molecule has 0 atom stereocenters. The second-order valence-electron chi connectivity index (χ2n) is 4.94. The van der Waals surface area contributed by atoms with Gasteiger partial charge in [0.05, 0.1) is 27.8 Å². The Hall–Kier alpha value is -1.63. The number of hydrogen-bond acceptors (Lipinski definition) is 2.